The summed E-state index contributed by atoms with van der Waals surface area (Å²) in [6.07, 6.45) is 1.65. The first-order chi connectivity index (χ1) is 7.03. The van der Waals surface area contributed by atoms with E-state index in [9.17, 15) is 9.90 Å². The Hall–Kier alpha value is -0.650. The third-order valence-electron chi connectivity index (χ3n) is 2.87. The first-order valence-corrected chi connectivity index (χ1v) is 5.09. The lowest BCUT2D eigenvalue weighted by Gasteiger charge is -2.35. The van der Waals surface area contributed by atoms with Crippen molar-refractivity contribution in [3.8, 4) is 0 Å². The van der Waals surface area contributed by atoms with Crippen LogP contribution >= 0.6 is 0 Å². The van der Waals surface area contributed by atoms with Crippen LogP contribution < -0.4 is 0 Å². The van der Waals surface area contributed by atoms with Gasteiger partial charge in [0.05, 0.1) is 6.04 Å². The van der Waals surface area contributed by atoms with E-state index in [4.69, 9.17) is 9.47 Å². The zero-order valence-electron chi connectivity index (χ0n) is 9.52. The SMILES string of the molecule is COCC(=O)N1CCCC1C(C)(O)OC. The Morgan fingerprint density at radius 1 is 1.60 bits per heavy atom. The highest BCUT2D eigenvalue weighted by Gasteiger charge is 2.41. The second-order valence-corrected chi connectivity index (χ2v) is 3.94. The van der Waals surface area contributed by atoms with Gasteiger partial charge in [0.25, 0.3) is 0 Å². The molecule has 0 spiro atoms. The standard InChI is InChI=1S/C10H19NO4/c1-10(13,15-3)8-5-4-6-11(8)9(12)7-14-2/h8,13H,4-7H2,1-3H3. The summed E-state index contributed by atoms with van der Waals surface area (Å²) in [6.45, 7) is 2.29. The Morgan fingerprint density at radius 3 is 2.80 bits per heavy atom. The number of methoxy groups -OCH3 is 2. The molecule has 1 rings (SSSR count). The summed E-state index contributed by atoms with van der Waals surface area (Å²) < 4.78 is 9.80. The van der Waals surface area contributed by atoms with Crippen molar-refractivity contribution in [1.29, 1.82) is 0 Å². The highest BCUT2D eigenvalue weighted by molar-refractivity contribution is 5.78. The summed E-state index contributed by atoms with van der Waals surface area (Å²) in [5, 5.41) is 9.95. The fourth-order valence-electron chi connectivity index (χ4n) is 1.96. The number of nitrogens with zero attached hydrogens (tertiary/aromatic N) is 1. The van der Waals surface area contributed by atoms with Gasteiger partial charge in [-0.3, -0.25) is 4.79 Å². The molecule has 2 unspecified atom stereocenters. The van der Waals surface area contributed by atoms with Crippen molar-refractivity contribution >= 4 is 5.91 Å². The average Bonchev–Trinajstić information content (AvgIpc) is 2.67. The largest absolute Gasteiger partial charge is 0.375 e. The smallest absolute Gasteiger partial charge is 0.248 e. The monoisotopic (exact) mass is 217 g/mol. The number of likely N-dealkylation sites (tertiary alicyclic amines) is 1. The predicted molar refractivity (Wildman–Crippen MR) is 54.2 cm³/mol. The molecule has 5 heteroatoms. The van der Waals surface area contributed by atoms with Gasteiger partial charge in [0.1, 0.15) is 6.61 Å². The van der Waals surface area contributed by atoms with Gasteiger partial charge in [-0.1, -0.05) is 0 Å². The molecule has 1 amide bonds. The predicted octanol–water partition coefficient (Wildman–Crippen LogP) is -0.0213. The lowest BCUT2D eigenvalue weighted by molar-refractivity contribution is -0.209. The average molecular weight is 217 g/mol. The molecule has 1 saturated heterocycles. The van der Waals surface area contributed by atoms with Crippen LogP contribution in [0.5, 0.6) is 0 Å². The van der Waals surface area contributed by atoms with E-state index >= 15 is 0 Å². The third kappa shape index (κ3) is 2.68. The maximum Gasteiger partial charge on any atom is 0.248 e. The molecule has 1 aliphatic heterocycles. The number of carbonyl (C=O) groups is 1. The molecule has 1 N–H and O–H groups in total. The molecule has 0 aliphatic carbocycles. The second kappa shape index (κ2) is 4.92. The first-order valence-electron chi connectivity index (χ1n) is 5.09. The van der Waals surface area contributed by atoms with E-state index in [2.05, 4.69) is 0 Å². The minimum absolute atomic E-state index is 0.0519. The van der Waals surface area contributed by atoms with Crippen LogP contribution in [-0.2, 0) is 14.3 Å². The number of ether oxygens (including phenoxy) is 2. The van der Waals surface area contributed by atoms with Crippen LogP contribution in [0.3, 0.4) is 0 Å². The molecule has 0 radical (unpaired) electrons. The molecule has 0 aromatic rings. The topological polar surface area (TPSA) is 59.0 Å². The van der Waals surface area contributed by atoms with E-state index in [1.807, 2.05) is 0 Å². The molecule has 2 atom stereocenters. The Labute approximate surface area is 90.0 Å². The third-order valence-corrected chi connectivity index (χ3v) is 2.87. The van der Waals surface area contributed by atoms with Gasteiger partial charge in [-0.05, 0) is 19.8 Å². The fourth-order valence-corrected chi connectivity index (χ4v) is 1.96. The second-order valence-electron chi connectivity index (χ2n) is 3.94. The minimum Gasteiger partial charge on any atom is -0.375 e. The van der Waals surface area contributed by atoms with Crippen molar-refractivity contribution in [3.63, 3.8) is 0 Å². The van der Waals surface area contributed by atoms with Crippen molar-refractivity contribution in [2.24, 2.45) is 0 Å². The summed E-state index contributed by atoms with van der Waals surface area (Å²) >= 11 is 0. The van der Waals surface area contributed by atoms with Crippen LogP contribution in [0.25, 0.3) is 0 Å². The van der Waals surface area contributed by atoms with E-state index in [1.54, 1.807) is 11.8 Å². The highest BCUT2D eigenvalue weighted by atomic mass is 16.6. The van der Waals surface area contributed by atoms with E-state index in [0.717, 1.165) is 12.8 Å². The molecule has 1 fully saturated rings. The van der Waals surface area contributed by atoms with Gasteiger partial charge in [0, 0.05) is 20.8 Å². The minimum atomic E-state index is -1.28. The van der Waals surface area contributed by atoms with Crippen molar-refractivity contribution in [3.05, 3.63) is 0 Å². The zero-order valence-corrected chi connectivity index (χ0v) is 9.52. The quantitative estimate of drug-likeness (QED) is 0.672. The number of rotatable bonds is 4. The number of aliphatic hydroxyl groups is 1. The van der Waals surface area contributed by atoms with Gasteiger partial charge in [0.15, 0.2) is 5.79 Å². The molecule has 15 heavy (non-hydrogen) atoms. The van der Waals surface area contributed by atoms with E-state index in [-0.39, 0.29) is 18.6 Å². The van der Waals surface area contributed by atoms with E-state index in [1.165, 1.54) is 14.2 Å². The number of amides is 1. The lowest BCUT2D eigenvalue weighted by atomic mass is 10.1. The van der Waals surface area contributed by atoms with Crippen LogP contribution in [0.4, 0.5) is 0 Å². The van der Waals surface area contributed by atoms with Crippen LogP contribution in [0.15, 0.2) is 0 Å². The van der Waals surface area contributed by atoms with Crippen molar-refractivity contribution in [2.45, 2.75) is 31.6 Å². The van der Waals surface area contributed by atoms with Crippen molar-refractivity contribution in [1.82, 2.24) is 4.90 Å². The fraction of sp³-hybridized carbons (Fsp3) is 0.900. The van der Waals surface area contributed by atoms with Gasteiger partial charge < -0.3 is 19.5 Å². The van der Waals surface area contributed by atoms with Gasteiger partial charge in [-0.2, -0.15) is 0 Å². The first kappa shape index (κ1) is 12.4. The highest BCUT2D eigenvalue weighted by Crippen LogP contribution is 2.27. The molecular weight excluding hydrogens is 198 g/mol. The van der Waals surface area contributed by atoms with Gasteiger partial charge in [-0.25, -0.2) is 0 Å². The Balaban J connectivity index is 2.68. The number of carbonyl (C=O) groups excluding carboxylic acids is 1. The summed E-state index contributed by atoms with van der Waals surface area (Å²) in [5.74, 6) is -1.38. The summed E-state index contributed by atoms with van der Waals surface area (Å²) in [7, 11) is 2.93. The van der Waals surface area contributed by atoms with Crippen LogP contribution in [0, 0.1) is 0 Å². The molecular formula is C10H19NO4. The van der Waals surface area contributed by atoms with Crippen molar-refractivity contribution < 1.29 is 19.4 Å². The Morgan fingerprint density at radius 2 is 2.27 bits per heavy atom. The molecule has 0 bridgehead atoms. The summed E-state index contributed by atoms with van der Waals surface area (Å²) in [4.78, 5) is 13.3. The normalized spacial score (nSPS) is 25.3. The maximum absolute atomic E-state index is 11.7. The van der Waals surface area contributed by atoms with Crippen LogP contribution in [-0.4, -0.2) is 55.1 Å². The zero-order chi connectivity index (χ0) is 11.5. The molecule has 1 heterocycles. The molecule has 0 aromatic carbocycles. The molecule has 0 saturated carbocycles. The van der Waals surface area contributed by atoms with Crippen molar-refractivity contribution in [2.75, 3.05) is 27.4 Å². The Bertz CT molecular complexity index is 229. The maximum atomic E-state index is 11.7. The lowest BCUT2D eigenvalue weighted by Crippen LogP contribution is -2.51. The van der Waals surface area contributed by atoms with Gasteiger partial charge >= 0.3 is 0 Å². The molecule has 1 aliphatic rings. The molecule has 0 aromatic heterocycles. The number of hydrogen-bond donors (Lipinski definition) is 1. The molecule has 88 valence electrons. The molecule has 5 nitrogen and oxygen atoms in total. The van der Waals surface area contributed by atoms with E-state index < -0.39 is 5.79 Å². The van der Waals surface area contributed by atoms with Crippen LogP contribution in [0.1, 0.15) is 19.8 Å². The van der Waals surface area contributed by atoms with E-state index in [0.29, 0.717) is 6.54 Å². The Kier molecular flexibility index (Phi) is 4.07. The summed E-state index contributed by atoms with van der Waals surface area (Å²) in [5.41, 5.74) is 0. The summed E-state index contributed by atoms with van der Waals surface area (Å²) in [6, 6.07) is -0.273. The van der Waals surface area contributed by atoms with Crippen LogP contribution in [0.2, 0.25) is 0 Å². The van der Waals surface area contributed by atoms with Gasteiger partial charge in [0.2, 0.25) is 5.91 Å². The number of hydrogen-bond acceptors (Lipinski definition) is 4. The van der Waals surface area contributed by atoms with Gasteiger partial charge in [-0.15, -0.1) is 0 Å².